The first-order valence-electron chi connectivity index (χ1n) is 4.89. The third kappa shape index (κ3) is 1.47. The Morgan fingerprint density at radius 3 is 2.50 bits per heavy atom. The highest BCUT2D eigenvalue weighted by atomic mass is 32.2. The van der Waals surface area contributed by atoms with Crippen molar-refractivity contribution in [3.05, 3.63) is 53.7 Å². The van der Waals surface area contributed by atoms with E-state index in [0.717, 1.165) is 15.5 Å². The summed E-state index contributed by atoms with van der Waals surface area (Å²) in [6.45, 7) is 0. The summed E-state index contributed by atoms with van der Waals surface area (Å²) in [5.74, 6) is 0. The molecule has 78 valence electrons. The molecule has 3 rings (SSSR count). The largest absolute Gasteiger partial charge is 0.594 e. The number of para-hydroxylation sites is 1. The quantitative estimate of drug-likeness (QED) is 0.503. The molecule has 3 nitrogen and oxygen atoms in total. The first kappa shape index (κ1) is 9.42. The fraction of sp³-hybridized carbons (Fsp3) is 0. The van der Waals surface area contributed by atoms with Crippen LogP contribution in [0, 0.1) is 5.21 Å². The van der Waals surface area contributed by atoms with E-state index in [9.17, 15) is 5.21 Å². The zero-order valence-electron chi connectivity index (χ0n) is 8.33. The van der Waals surface area contributed by atoms with Gasteiger partial charge in [0.05, 0.1) is 4.90 Å². The molecule has 0 N–H and O–H groups in total. The van der Waals surface area contributed by atoms with E-state index < -0.39 is 0 Å². The van der Waals surface area contributed by atoms with Gasteiger partial charge >= 0.3 is 0 Å². The zero-order chi connectivity index (χ0) is 11.0. The maximum absolute atomic E-state index is 11.8. The smallest absolute Gasteiger partial charge is 0.258 e. The predicted molar refractivity (Wildman–Crippen MR) is 62.4 cm³/mol. The van der Waals surface area contributed by atoms with Crippen LogP contribution in [-0.4, -0.2) is 4.86 Å². The summed E-state index contributed by atoms with van der Waals surface area (Å²) in [7, 11) is 0. The van der Waals surface area contributed by atoms with Crippen LogP contribution in [0.3, 0.4) is 0 Å². The molecule has 0 unspecified atom stereocenters. The average Bonchev–Trinajstić information content (AvgIpc) is 2.45. The van der Waals surface area contributed by atoms with Crippen molar-refractivity contribution in [2.24, 2.45) is 5.11 Å². The normalized spacial score (nSPS) is 13.4. The van der Waals surface area contributed by atoms with Crippen LogP contribution < -0.4 is 0 Å². The van der Waals surface area contributed by atoms with Gasteiger partial charge in [-0.25, -0.2) is 0 Å². The van der Waals surface area contributed by atoms with E-state index in [1.165, 1.54) is 0 Å². The predicted octanol–water partition coefficient (Wildman–Crippen LogP) is 4.08. The Labute approximate surface area is 97.0 Å². The van der Waals surface area contributed by atoms with Crippen LogP contribution >= 0.6 is 11.8 Å². The Morgan fingerprint density at radius 2 is 1.62 bits per heavy atom. The number of azo groups is 1. The lowest BCUT2D eigenvalue weighted by molar-refractivity contribution is -0.437. The van der Waals surface area contributed by atoms with Crippen molar-refractivity contribution in [1.82, 2.24) is 0 Å². The maximum atomic E-state index is 11.8. The summed E-state index contributed by atoms with van der Waals surface area (Å²) in [4.78, 5) is 2.63. The third-order valence-electron chi connectivity index (χ3n) is 2.36. The summed E-state index contributed by atoms with van der Waals surface area (Å²) in [6, 6.07) is 15.1. The molecule has 0 bridgehead atoms. The molecule has 0 saturated heterocycles. The second-order valence-electron chi connectivity index (χ2n) is 3.41. The second kappa shape index (κ2) is 3.64. The average molecular weight is 228 g/mol. The van der Waals surface area contributed by atoms with Gasteiger partial charge in [-0.3, -0.25) is 0 Å². The van der Waals surface area contributed by atoms with E-state index >= 15 is 0 Å². The molecule has 0 amide bonds. The minimum absolute atomic E-state index is 0.601. The Hall–Kier alpha value is -1.81. The fourth-order valence-electron chi connectivity index (χ4n) is 1.60. The molecule has 0 radical (unpaired) electrons. The van der Waals surface area contributed by atoms with Gasteiger partial charge in [-0.05, 0) is 23.1 Å². The molecule has 0 spiro atoms. The topological polar surface area (TPSA) is 38.4 Å². The fourth-order valence-corrected chi connectivity index (χ4v) is 2.59. The summed E-state index contributed by atoms with van der Waals surface area (Å²) >= 11 is 1.57. The summed E-state index contributed by atoms with van der Waals surface area (Å²) in [5.41, 5.74) is 1.32. The number of nitrogens with zero attached hydrogens (tertiary/aromatic N) is 2. The van der Waals surface area contributed by atoms with Crippen molar-refractivity contribution in [3.8, 4) is 0 Å². The molecule has 2 aromatic carbocycles. The van der Waals surface area contributed by atoms with Gasteiger partial charge in [0.15, 0.2) is 0 Å². The Balaban J connectivity index is 2.25. The van der Waals surface area contributed by atoms with Crippen molar-refractivity contribution in [1.29, 1.82) is 0 Å². The molecule has 1 heterocycles. The zero-order valence-corrected chi connectivity index (χ0v) is 9.15. The van der Waals surface area contributed by atoms with Crippen LogP contribution in [-0.2, 0) is 0 Å². The van der Waals surface area contributed by atoms with Gasteiger partial charge in [-0.2, -0.15) is 0 Å². The number of fused-ring (bicyclic) bond motifs is 2. The van der Waals surface area contributed by atoms with Crippen LogP contribution in [0.5, 0.6) is 0 Å². The van der Waals surface area contributed by atoms with Crippen LogP contribution in [0.15, 0.2) is 63.4 Å². The van der Waals surface area contributed by atoms with Crippen LogP contribution in [0.25, 0.3) is 0 Å². The molecule has 0 aliphatic carbocycles. The maximum Gasteiger partial charge on any atom is 0.258 e. The highest BCUT2D eigenvalue weighted by Crippen LogP contribution is 2.42. The van der Waals surface area contributed by atoms with Gasteiger partial charge in [0.25, 0.3) is 5.69 Å². The van der Waals surface area contributed by atoms with Crippen molar-refractivity contribution in [2.75, 3.05) is 0 Å². The van der Waals surface area contributed by atoms with Crippen molar-refractivity contribution >= 4 is 23.1 Å². The van der Waals surface area contributed by atoms with E-state index in [-0.39, 0.29) is 0 Å². The second-order valence-corrected chi connectivity index (χ2v) is 4.49. The molecule has 16 heavy (non-hydrogen) atoms. The third-order valence-corrected chi connectivity index (χ3v) is 3.49. The van der Waals surface area contributed by atoms with Gasteiger partial charge in [-0.1, -0.05) is 36.0 Å². The molecule has 2 aromatic rings. The standard InChI is InChI=1S/C12H8N2OS/c15-14-10-6-2-4-8-12(10)16-11-7-3-1-5-9(11)13-14/h1-8H. The monoisotopic (exact) mass is 228 g/mol. The van der Waals surface area contributed by atoms with Crippen LogP contribution in [0.1, 0.15) is 0 Å². The molecule has 1 aliphatic rings. The van der Waals surface area contributed by atoms with Crippen molar-refractivity contribution in [2.45, 2.75) is 9.79 Å². The first-order chi connectivity index (χ1) is 7.84. The lowest BCUT2D eigenvalue weighted by Gasteiger charge is -2.00. The van der Waals surface area contributed by atoms with Gasteiger partial charge in [0.2, 0.25) is 0 Å². The van der Waals surface area contributed by atoms with Gasteiger partial charge in [-0.15, -0.1) is 0 Å². The lowest BCUT2D eigenvalue weighted by Crippen LogP contribution is -1.89. The molecular weight excluding hydrogens is 220 g/mol. The molecule has 4 heteroatoms. The summed E-state index contributed by atoms with van der Waals surface area (Å²) < 4.78 is 0. The molecule has 0 aromatic heterocycles. The summed E-state index contributed by atoms with van der Waals surface area (Å²) in [5, 5.41) is 15.8. The van der Waals surface area contributed by atoms with E-state index in [4.69, 9.17) is 0 Å². The highest BCUT2D eigenvalue weighted by molar-refractivity contribution is 7.99. The SMILES string of the molecule is [O-][N+]1=Nc2ccccc2Sc2ccccc21. The summed E-state index contributed by atoms with van der Waals surface area (Å²) in [6.07, 6.45) is 0. The van der Waals surface area contributed by atoms with Crippen LogP contribution in [0.2, 0.25) is 0 Å². The van der Waals surface area contributed by atoms with Crippen molar-refractivity contribution in [3.63, 3.8) is 0 Å². The molecular formula is C12H8N2OS. The minimum Gasteiger partial charge on any atom is -0.594 e. The molecule has 1 aliphatic heterocycles. The molecule has 0 saturated carbocycles. The van der Waals surface area contributed by atoms with Gasteiger partial charge in [0, 0.05) is 16.1 Å². The Morgan fingerprint density at radius 1 is 0.938 bits per heavy atom. The lowest BCUT2D eigenvalue weighted by atomic mass is 10.3. The number of benzene rings is 2. The molecule has 0 fully saturated rings. The Bertz CT molecular complexity index is 581. The van der Waals surface area contributed by atoms with E-state index in [1.54, 1.807) is 17.8 Å². The van der Waals surface area contributed by atoms with Gasteiger partial charge < -0.3 is 5.21 Å². The van der Waals surface area contributed by atoms with E-state index in [0.29, 0.717) is 10.5 Å². The number of hydrogen-bond acceptors (Lipinski definition) is 3. The highest BCUT2D eigenvalue weighted by Gasteiger charge is 2.18. The van der Waals surface area contributed by atoms with Crippen LogP contribution in [0.4, 0.5) is 11.4 Å². The van der Waals surface area contributed by atoms with E-state index in [1.807, 2.05) is 42.5 Å². The van der Waals surface area contributed by atoms with E-state index in [2.05, 4.69) is 5.11 Å². The number of hydrogen-bond donors (Lipinski definition) is 0. The minimum atomic E-state index is 0.601. The Kier molecular flexibility index (Phi) is 2.15. The molecule has 0 atom stereocenters. The van der Waals surface area contributed by atoms with Crippen molar-refractivity contribution < 1.29 is 4.86 Å². The van der Waals surface area contributed by atoms with Gasteiger partial charge in [0.1, 0.15) is 5.69 Å². The first-order valence-corrected chi connectivity index (χ1v) is 5.71. The number of rotatable bonds is 0.